The number of carbonyl (C=O) groups is 2. The zero-order chi connectivity index (χ0) is 14.3. The van der Waals surface area contributed by atoms with Crippen LogP contribution < -0.4 is 5.73 Å². The molecule has 0 aromatic carbocycles. The van der Waals surface area contributed by atoms with Crippen molar-refractivity contribution in [3.8, 4) is 0 Å². The van der Waals surface area contributed by atoms with Gasteiger partial charge < -0.3 is 25.0 Å². The van der Waals surface area contributed by atoms with E-state index in [0.717, 1.165) is 0 Å². The van der Waals surface area contributed by atoms with Crippen molar-refractivity contribution in [1.82, 2.24) is 14.5 Å². The molecule has 0 saturated heterocycles. The molecule has 0 aliphatic carbocycles. The van der Waals surface area contributed by atoms with Gasteiger partial charge in [0, 0.05) is 32.9 Å². The standard InChI is InChI=1S/C11H18N4O4/c1-19-5-4-15(7-10(16)17)11(18)9-6-14(3-2-12)8-13-9/h6,8H,2-5,7,12H2,1H3,(H,16,17). The van der Waals surface area contributed by atoms with Crippen molar-refractivity contribution in [3.63, 3.8) is 0 Å². The van der Waals surface area contributed by atoms with Crippen molar-refractivity contribution >= 4 is 11.9 Å². The van der Waals surface area contributed by atoms with Crippen molar-refractivity contribution < 1.29 is 19.4 Å². The summed E-state index contributed by atoms with van der Waals surface area (Å²) in [5, 5.41) is 8.79. The molecule has 1 aromatic rings. The number of hydrogen-bond donors (Lipinski definition) is 2. The van der Waals surface area contributed by atoms with Crippen LogP contribution in [0.3, 0.4) is 0 Å². The molecule has 0 atom stereocenters. The molecule has 0 bridgehead atoms. The Bertz CT molecular complexity index is 432. The molecule has 106 valence electrons. The van der Waals surface area contributed by atoms with Crippen LogP contribution in [0.2, 0.25) is 0 Å². The maximum absolute atomic E-state index is 12.1. The zero-order valence-electron chi connectivity index (χ0n) is 10.8. The van der Waals surface area contributed by atoms with Crippen molar-refractivity contribution in [2.45, 2.75) is 6.54 Å². The summed E-state index contributed by atoms with van der Waals surface area (Å²) in [7, 11) is 1.49. The predicted octanol–water partition coefficient (Wildman–Crippen LogP) is -0.985. The summed E-state index contributed by atoms with van der Waals surface area (Å²) in [5.41, 5.74) is 5.60. The molecule has 0 aliphatic rings. The van der Waals surface area contributed by atoms with E-state index in [1.54, 1.807) is 10.8 Å². The number of aromatic nitrogens is 2. The Kier molecular flexibility index (Phi) is 5.97. The summed E-state index contributed by atoms with van der Waals surface area (Å²) < 4.78 is 6.54. The van der Waals surface area contributed by atoms with Crippen molar-refractivity contribution in [3.05, 3.63) is 18.2 Å². The summed E-state index contributed by atoms with van der Waals surface area (Å²) in [4.78, 5) is 28.0. The Morgan fingerprint density at radius 3 is 2.89 bits per heavy atom. The van der Waals surface area contributed by atoms with Crippen LogP contribution in [0.1, 0.15) is 10.5 Å². The number of carboxylic acid groups (broad SMARTS) is 1. The molecule has 1 heterocycles. The van der Waals surface area contributed by atoms with E-state index in [4.69, 9.17) is 15.6 Å². The molecule has 0 fully saturated rings. The lowest BCUT2D eigenvalue weighted by Gasteiger charge is -2.18. The third kappa shape index (κ3) is 4.68. The minimum absolute atomic E-state index is 0.200. The second-order valence-electron chi connectivity index (χ2n) is 3.90. The molecule has 0 saturated carbocycles. The van der Waals surface area contributed by atoms with E-state index < -0.39 is 11.9 Å². The van der Waals surface area contributed by atoms with E-state index in [9.17, 15) is 9.59 Å². The fourth-order valence-electron chi connectivity index (χ4n) is 1.52. The third-order valence-corrected chi connectivity index (χ3v) is 2.42. The van der Waals surface area contributed by atoms with E-state index in [0.29, 0.717) is 13.1 Å². The average Bonchev–Trinajstić information content (AvgIpc) is 2.82. The summed E-state index contributed by atoms with van der Waals surface area (Å²) in [6, 6.07) is 0. The highest BCUT2D eigenvalue weighted by atomic mass is 16.5. The van der Waals surface area contributed by atoms with Crippen LogP contribution >= 0.6 is 0 Å². The normalized spacial score (nSPS) is 10.4. The summed E-state index contributed by atoms with van der Waals surface area (Å²) in [6.07, 6.45) is 3.05. The molecular weight excluding hydrogens is 252 g/mol. The lowest BCUT2D eigenvalue weighted by atomic mass is 10.3. The van der Waals surface area contributed by atoms with Crippen LogP contribution in [0.25, 0.3) is 0 Å². The maximum Gasteiger partial charge on any atom is 0.323 e. The first kappa shape index (κ1) is 15.1. The van der Waals surface area contributed by atoms with Crippen LogP contribution in [-0.4, -0.2) is 64.8 Å². The number of hydrogen-bond acceptors (Lipinski definition) is 5. The number of aliphatic carboxylic acids is 1. The van der Waals surface area contributed by atoms with Gasteiger partial charge in [-0.1, -0.05) is 0 Å². The Hall–Kier alpha value is -1.93. The first-order valence-electron chi connectivity index (χ1n) is 5.80. The zero-order valence-corrected chi connectivity index (χ0v) is 10.8. The second kappa shape index (κ2) is 7.49. The number of amides is 1. The highest BCUT2D eigenvalue weighted by Crippen LogP contribution is 2.03. The number of nitrogens with two attached hydrogens (primary N) is 1. The molecule has 1 amide bonds. The topological polar surface area (TPSA) is 111 Å². The summed E-state index contributed by atoms with van der Waals surface area (Å²) >= 11 is 0. The smallest absolute Gasteiger partial charge is 0.323 e. The first-order chi connectivity index (χ1) is 9.08. The van der Waals surface area contributed by atoms with Crippen LogP contribution in [0.5, 0.6) is 0 Å². The van der Waals surface area contributed by atoms with Gasteiger partial charge in [0.15, 0.2) is 0 Å². The van der Waals surface area contributed by atoms with Gasteiger partial charge in [0.05, 0.1) is 12.9 Å². The number of methoxy groups -OCH3 is 1. The molecule has 0 unspecified atom stereocenters. The number of rotatable bonds is 8. The Labute approximate surface area is 110 Å². The SMILES string of the molecule is COCCN(CC(=O)O)C(=O)c1cn(CCN)cn1. The average molecular weight is 270 g/mol. The van der Waals surface area contributed by atoms with Crippen LogP contribution in [0, 0.1) is 0 Å². The maximum atomic E-state index is 12.1. The highest BCUT2D eigenvalue weighted by Gasteiger charge is 2.20. The number of imidazole rings is 1. The van der Waals surface area contributed by atoms with Crippen LogP contribution in [0.4, 0.5) is 0 Å². The first-order valence-corrected chi connectivity index (χ1v) is 5.80. The van der Waals surface area contributed by atoms with E-state index >= 15 is 0 Å². The number of carbonyl (C=O) groups excluding carboxylic acids is 1. The Morgan fingerprint density at radius 1 is 1.58 bits per heavy atom. The summed E-state index contributed by atoms with van der Waals surface area (Å²) in [6.45, 7) is 1.07. The van der Waals surface area contributed by atoms with Gasteiger partial charge in [-0.15, -0.1) is 0 Å². The minimum atomic E-state index is -1.08. The molecule has 8 nitrogen and oxygen atoms in total. The summed E-state index contributed by atoms with van der Waals surface area (Å²) in [5.74, 6) is -1.51. The fraction of sp³-hybridized carbons (Fsp3) is 0.545. The Balaban J connectivity index is 2.75. The van der Waals surface area contributed by atoms with E-state index in [1.165, 1.54) is 18.3 Å². The van der Waals surface area contributed by atoms with Gasteiger partial charge in [-0.3, -0.25) is 9.59 Å². The third-order valence-electron chi connectivity index (χ3n) is 2.42. The lowest BCUT2D eigenvalue weighted by Crippen LogP contribution is -2.38. The molecule has 0 aliphatic heterocycles. The molecule has 3 N–H and O–H groups in total. The molecule has 19 heavy (non-hydrogen) atoms. The lowest BCUT2D eigenvalue weighted by molar-refractivity contribution is -0.137. The van der Waals surface area contributed by atoms with Crippen molar-refractivity contribution in [2.24, 2.45) is 5.73 Å². The predicted molar refractivity (Wildman–Crippen MR) is 66.7 cm³/mol. The van der Waals surface area contributed by atoms with E-state index in [-0.39, 0.29) is 25.4 Å². The second-order valence-corrected chi connectivity index (χ2v) is 3.90. The minimum Gasteiger partial charge on any atom is -0.480 e. The van der Waals surface area contributed by atoms with Gasteiger partial charge in [-0.2, -0.15) is 0 Å². The van der Waals surface area contributed by atoms with Crippen LogP contribution in [0.15, 0.2) is 12.5 Å². The van der Waals surface area contributed by atoms with Crippen molar-refractivity contribution in [1.29, 1.82) is 0 Å². The van der Waals surface area contributed by atoms with Gasteiger partial charge in [-0.05, 0) is 0 Å². The molecule has 0 spiro atoms. The van der Waals surface area contributed by atoms with Crippen molar-refractivity contribution in [2.75, 3.05) is 33.4 Å². The van der Waals surface area contributed by atoms with Crippen LogP contribution in [-0.2, 0) is 16.1 Å². The Morgan fingerprint density at radius 2 is 2.32 bits per heavy atom. The van der Waals surface area contributed by atoms with Gasteiger partial charge in [-0.25, -0.2) is 4.98 Å². The van der Waals surface area contributed by atoms with E-state index in [1.807, 2.05) is 0 Å². The van der Waals surface area contributed by atoms with E-state index in [2.05, 4.69) is 4.98 Å². The molecule has 1 aromatic heterocycles. The quantitative estimate of drug-likeness (QED) is 0.628. The number of nitrogens with zero attached hydrogens (tertiary/aromatic N) is 3. The molecular formula is C11H18N4O4. The molecule has 8 heteroatoms. The van der Waals surface area contributed by atoms with Gasteiger partial charge in [0.25, 0.3) is 5.91 Å². The highest BCUT2D eigenvalue weighted by molar-refractivity contribution is 5.93. The molecule has 0 radical (unpaired) electrons. The fourth-order valence-corrected chi connectivity index (χ4v) is 1.52. The van der Waals surface area contributed by atoms with Gasteiger partial charge >= 0.3 is 5.97 Å². The molecule has 1 rings (SSSR count). The number of ether oxygens (including phenoxy) is 1. The van der Waals surface area contributed by atoms with Gasteiger partial charge in [0.1, 0.15) is 12.2 Å². The monoisotopic (exact) mass is 270 g/mol. The largest absolute Gasteiger partial charge is 0.480 e. The van der Waals surface area contributed by atoms with Gasteiger partial charge in [0.2, 0.25) is 0 Å². The number of carboxylic acids is 1.